The van der Waals surface area contributed by atoms with Crippen LogP contribution in [0.2, 0.25) is 0 Å². The molecule has 72 valence electrons. The minimum atomic E-state index is 0.354. The predicted octanol–water partition coefficient (Wildman–Crippen LogP) is 2.68. The fourth-order valence-corrected chi connectivity index (χ4v) is 2.14. The van der Waals surface area contributed by atoms with Crippen LogP contribution in [0.1, 0.15) is 39.5 Å². The van der Waals surface area contributed by atoms with Gasteiger partial charge in [0, 0.05) is 17.1 Å². The van der Waals surface area contributed by atoms with Crippen LogP contribution in [0.5, 0.6) is 0 Å². The molecule has 0 aromatic heterocycles. The molecule has 0 aliphatic carbocycles. The van der Waals surface area contributed by atoms with Gasteiger partial charge in [-0.05, 0) is 25.7 Å². The Balaban J connectivity index is 1.94. The number of rotatable bonds is 6. The fourth-order valence-electron chi connectivity index (χ4n) is 1.46. The van der Waals surface area contributed by atoms with E-state index in [1.807, 2.05) is 0 Å². The third-order valence-corrected chi connectivity index (χ3v) is 4.14. The second kappa shape index (κ2) is 4.52. The number of thioether (sulfide) groups is 1. The first kappa shape index (κ1) is 10.4. The Labute approximate surface area is 79.9 Å². The maximum Gasteiger partial charge on any atom is 0.0433 e. The molecule has 0 radical (unpaired) electrons. The lowest BCUT2D eigenvalue weighted by Crippen LogP contribution is -2.04. The lowest BCUT2D eigenvalue weighted by molar-refractivity contribution is 0.256. The Kier molecular flexibility index (Phi) is 3.91. The van der Waals surface area contributed by atoms with Crippen molar-refractivity contribution in [1.29, 1.82) is 0 Å². The van der Waals surface area contributed by atoms with Crippen molar-refractivity contribution in [2.24, 2.45) is 5.92 Å². The standard InChI is InChI=1S/C10H20OS/c1-9(5-7-11)4-3-6-10(2)8-12-10/h9,11H,3-8H2,1-2H3. The van der Waals surface area contributed by atoms with Gasteiger partial charge in [0.2, 0.25) is 0 Å². The Morgan fingerprint density at radius 1 is 1.50 bits per heavy atom. The molecule has 1 aliphatic heterocycles. The van der Waals surface area contributed by atoms with Crippen molar-refractivity contribution in [3.05, 3.63) is 0 Å². The normalized spacial score (nSPS) is 30.2. The van der Waals surface area contributed by atoms with Crippen molar-refractivity contribution in [3.8, 4) is 0 Å². The third kappa shape index (κ3) is 3.81. The second-order valence-electron chi connectivity index (χ2n) is 4.25. The zero-order valence-electron chi connectivity index (χ0n) is 8.18. The largest absolute Gasteiger partial charge is 0.396 e. The highest BCUT2D eigenvalue weighted by Gasteiger charge is 2.37. The van der Waals surface area contributed by atoms with Crippen LogP contribution in [0.15, 0.2) is 0 Å². The topological polar surface area (TPSA) is 20.2 Å². The van der Waals surface area contributed by atoms with E-state index < -0.39 is 0 Å². The Morgan fingerprint density at radius 3 is 2.67 bits per heavy atom. The van der Waals surface area contributed by atoms with Crippen LogP contribution in [-0.2, 0) is 0 Å². The summed E-state index contributed by atoms with van der Waals surface area (Å²) in [5.41, 5.74) is 0. The molecule has 0 amide bonds. The van der Waals surface area contributed by atoms with Crippen LogP contribution in [0.25, 0.3) is 0 Å². The number of hydrogen-bond acceptors (Lipinski definition) is 2. The molecule has 1 rings (SSSR count). The summed E-state index contributed by atoms with van der Waals surface area (Å²) >= 11 is 2.09. The van der Waals surface area contributed by atoms with Crippen LogP contribution in [0.4, 0.5) is 0 Å². The van der Waals surface area contributed by atoms with E-state index in [0.717, 1.165) is 6.42 Å². The van der Waals surface area contributed by atoms with Crippen LogP contribution >= 0.6 is 11.8 Å². The van der Waals surface area contributed by atoms with Crippen molar-refractivity contribution in [1.82, 2.24) is 0 Å². The zero-order chi connectivity index (χ0) is 9.03. The molecule has 1 fully saturated rings. The minimum absolute atomic E-state index is 0.354. The van der Waals surface area contributed by atoms with E-state index in [4.69, 9.17) is 5.11 Å². The Bertz CT molecular complexity index is 132. The molecule has 0 aromatic rings. The van der Waals surface area contributed by atoms with Gasteiger partial charge in [0.25, 0.3) is 0 Å². The van der Waals surface area contributed by atoms with Crippen LogP contribution in [-0.4, -0.2) is 22.2 Å². The van der Waals surface area contributed by atoms with E-state index in [9.17, 15) is 0 Å². The molecule has 1 nitrogen and oxygen atoms in total. The molecule has 12 heavy (non-hydrogen) atoms. The molecule has 2 heteroatoms. The van der Waals surface area contributed by atoms with Gasteiger partial charge in [-0.25, -0.2) is 0 Å². The number of hydrogen-bond donors (Lipinski definition) is 1. The summed E-state index contributed by atoms with van der Waals surface area (Å²) in [6, 6.07) is 0. The summed E-state index contributed by atoms with van der Waals surface area (Å²) in [6.45, 7) is 4.94. The third-order valence-electron chi connectivity index (χ3n) is 2.66. The summed E-state index contributed by atoms with van der Waals surface area (Å²) in [4.78, 5) is 0. The maximum absolute atomic E-state index is 8.70. The first-order valence-electron chi connectivity index (χ1n) is 4.91. The van der Waals surface area contributed by atoms with Gasteiger partial charge in [-0.15, -0.1) is 0 Å². The summed E-state index contributed by atoms with van der Waals surface area (Å²) in [6.07, 6.45) is 4.97. The molecule has 0 spiro atoms. The van der Waals surface area contributed by atoms with Crippen molar-refractivity contribution in [3.63, 3.8) is 0 Å². The van der Waals surface area contributed by atoms with Gasteiger partial charge in [0.1, 0.15) is 0 Å². The number of aliphatic hydroxyl groups excluding tert-OH is 1. The molecular weight excluding hydrogens is 168 g/mol. The van der Waals surface area contributed by atoms with Crippen molar-refractivity contribution >= 4 is 11.8 Å². The van der Waals surface area contributed by atoms with Gasteiger partial charge in [0.05, 0.1) is 0 Å². The Morgan fingerprint density at radius 2 is 2.17 bits per heavy atom. The highest BCUT2D eigenvalue weighted by Crippen LogP contribution is 2.48. The Hall–Kier alpha value is 0.310. The zero-order valence-corrected chi connectivity index (χ0v) is 8.99. The van der Waals surface area contributed by atoms with Gasteiger partial charge in [-0.1, -0.05) is 19.8 Å². The van der Waals surface area contributed by atoms with Crippen LogP contribution in [0, 0.1) is 5.92 Å². The fraction of sp³-hybridized carbons (Fsp3) is 1.00. The van der Waals surface area contributed by atoms with Gasteiger partial charge < -0.3 is 5.11 Å². The predicted molar refractivity (Wildman–Crippen MR) is 55.6 cm³/mol. The number of aliphatic hydroxyl groups is 1. The molecule has 0 bridgehead atoms. The summed E-state index contributed by atoms with van der Waals surface area (Å²) in [5, 5.41) is 8.70. The summed E-state index contributed by atoms with van der Waals surface area (Å²) in [5.74, 6) is 2.07. The molecule has 1 saturated heterocycles. The van der Waals surface area contributed by atoms with Gasteiger partial charge in [0.15, 0.2) is 0 Å². The average molecular weight is 188 g/mol. The van der Waals surface area contributed by atoms with E-state index >= 15 is 0 Å². The molecule has 2 atom stereocenters. The van der Waals surface area contributed by atoms with Crippen molar-refractivity contribution in [2.45, 2.75) is 44.3 Å². The first-order valence-corrected chi connectivity index (χ1v) is 5.90. The van der Waals surface area contributed by atoms with E-state index in [1.54, 1.807) is 0 Å². The minimum Gasteiger partial charge on any atom is -0.396 e. The maximum atomic E-state index is 8.70. The van der Waals surface area contributed by atoms with Gasteiger partial charge in [-0.2, -0.15) is 11.8 Å². The summed E-state index contributed by atoms with van der Waals surface area (Å²) in [7, 11) is 0. The van der Waals surface area contributed by atoms with Crippen molar-refractivity contribution < 1.29 is 5.11 Å². The lowest BCUT2D eigenvalue weighted by atomic mass is 9.98. The van der Waals surface area contributed by atoms with E-state index in [2.05, 4.69) is 25.6 Å². The highest BCUT2D eigenvalue weighted by atomic mass is 32.2. The molecule has 1 heterocycles. The molecule has 2 unspecified atom stereocenters. The molecule has 1 aliphatic rings. The highest BCUT2D eigenvalue weighted by molar-refractivity contribution is 8.07. The smallest absolute Gasteiger partial charge is 0.0433 e. The van der Waals surface area contributed by atoms with Crippen molar-refractivity contribution in [2.75, 3.05) is 12.4 Å². The van der Waals surface area contributed by atoms with Gasteiger partial charge >= 0.3 is 0 Å². The second-order valence-corrected chi connectivity index (χ2v) is 5.81. The SMILES string of the molecule is CC(CCO)CCCC1(C)CS1. The lowest BCUT2D eigenvalue weighted by Gasteiger charge is -2.10. The molecule has 0 saturated carbocycles. The monoisotopic (exact) mass is 188 g/mol. The first-order chi connectivity index (χ1) is 5.66. The van der Waals surface area contributed by atoms with Gasteiger partial charge in [-0.3, -0.25) is 0 Å². The van der Waals surface area contributed by atoms with E-state index in [-0.39, 0.29) is 0 Å². The average Bonchev–Trinajstić information content (AvgIpc) is 2.69. The van der Waals surface area contributed by atoms with Crippen LogP contribution < -0.4 is 0 Å². The molecule has 1 N–H and O–H groups in total. The molecular formula is C10H20OS. The quantitative estimate of drug-likeness (QED) is 0.647. The molecule has 0 aromatic carbocycles. The van der Waals surface area contributed by atoms with E-state index in [1.165, 1.54) is 25.0 Å². The van der Waals surface area contributed by atoms with E-state index in [0.29, 0.717) is 17.3 Å². The van der Waals surface area contributed by atoms with Crippen LogP contribution in [0.3, 0.4) is 0 Å². The summed E-state index contributed by atoms with van der Waals surface area (Å²) < 4.78 is 0.638.